The third-order valence-corrected chi connectivity index (χ3v) is 2.56. The molecule has 0 spiro atoms. The fourth-order valence-corrected chi connectivity index (χ4v) is 1.80. The zero-order chi connectivity index (χ0) is 10.8. The molecule has 1 aromatic rings. The summed E-state index contributed by atoms with van der Waals surface area (Å²) in [4.78, 5) is 14.9. The molecule has 0 aromatic carbocycles. The molecule has 0 bridgehead atoms. The molecule has 82 valence electrons. The van der Waals surface area contributed by atoms with Gasteiger partial charge in [0.1, 0.15) is 18.3 Å². The number of nitrogens with zero attached hydrogens (tertiary/aromatic N) is 2. The van der Waals surface area contributed by atoms with Crippen molar-refractivity contribution in [2.24, 2.45) is 7.05 Å². The van der Waals surface area contributed by atoms with Crippen LogP contribution in [-0.4, -0.2) is 27.2 Å². The van der Waals surface area contributed by atoms with Crippen LogP contribution in [0.25, 0.3) is 0 Å². The Hall–Kier alpha value is -1.36. The van der Waals surface area contributed by atoms with E-state index in [1.165, 1.54) is 0 Å². The third kappa shape index (κ3) is 2.18. The average Bonchev–Trinajstić information content (AvgIpc) is 2.75. The molecule has 1 aromatic heterocycles. The van der Waals surface area contributed by atoms with Crippen molar-refractivity contribution >= 4 is 5.97 Å². The van der Waals surface area contributed by atoms with Crippen molar-refractivity contribution in [3.63, 3.8) is 0 Å². The molecular weight excluding hydrogens is 196 g/mol. The maximum Gasteiger partial charge on any atom is 0.311 e. The smallest absolute Gasteiger partial charge is 0.311 e. The standard InChI is InChI=1S/C10H14N2O3/c1-12-6-7(8-3-2-4-15-8)11-9(12)5-10(13)14/h6,8H,2-5H2,1H3,(H,13,14). The van der Waals surface area contributed by atoms with Gasteiger partial charge < -0.3 is 14.4 Å². The number of aryl methyl sites for hydroxylation is 1. The van der Waals surface area contributed by atoms with Gasteiger partial charge in [0.05, 0.1) is 5.69 Å². The number of carbonyl (C=O) groups is 1. The van der Waals surface area contributed by atoms with Crippen LogP contribution in [0.2, 0.25) is 0 Å². The van der Waals surface area contributed by atoms with Gasteiger partial charge >= 0.3 is 5.97 Å². The minimum absolute atomic E-state index is 0.0385. The summed E-state index contributed by atoms with van der Waals surface area (Å²) in [5.74, 6) is -0.282. The van der Waals surface area contributed by atoms with E-state index in [1.807, 2.05) is 13.2 Å². The largest absolute Gasteiger partial charge is 0.481 e. The number of carboxylic acid groups (broad SMARTS) is 1. The predicted octanol–water partition coefficient (Wildman–Crippen LogP) is 0.899. The molecule has 1 N–H and O–H groups in total. The SMILES string of the molecule is Cn1cc(C2CCCO2)nc1CC(=O)O. The fourth-order valence-electron chi connectivity index (χ4n) is 1.80. The zero-order valence-electron chi connectivity index (χ0n) is 8.64. The first kappa shape index (κ1) is 10.2. The minimum Gasteiger partial charge on any atom is -0.481 e. The molecule has 2 heterocycles. The van der Waals surface area contributed by atoms with Crippen molar-refractivity contribution in [3.05, 3.63) is 17.7 Å². The maximum atomic E-state index is 10.6. The number of aliphatic carboxylic acids is 1. The van der Waals surface area contributed by atoms with Gasteiger partial charge in [-0.05, 0) is 12.8 Å². The predicted molar refractivity (Wildman–Crippen MR) is 52.5 cm³/mol. The molecule has 5 heteroatoms. The molecule has 15 heavy (non-hydrogen) atoms. The highest BCUT2D eigenvalue weighted by Gasteiger charge is 2.21. The molecule has 0 saturated carbocycles. The van der Waals surface area contributed by atoms with Crippen LogP contribution in [0, 0.1) is 0 Å². The van der Waals surface area contributed by atoms with Crippen LogP contribution in [0.4, 0.5) is 0 Å². The molecule has 0 radical (unpaired) electrons. The first-order chi connectivity index (χ1) is 7.16. The number of hydrogen-bond donors (Lipinski definition) is 1. The second-order valence-corrected chi connectivity index (χ2v) is 3.77. The normalized spacial score (nSPS) is 20.7. The summed E-state index contributed by atoms with van der Waals surface area (Å²) >= 11 is 0. The van der Waals surface area contributed by atoms with Crippen LogP contribution in [0.3, 0.4) is 0 Å². The van der Waals surface area contributed by atoms with Crippen molar-refractivity contribution in [3.8, 4) is 0 Å². The lowest BCUT2D eigenvalue weighted by Crippen LogP contribution is -2.06. The van der Waals surface area contributed by atoms with E-state index in [0.29, 0.717) is 5.82 Å². The van der Waals surface area contributed by atoms with Gasteiger partial charge in [0.25, 0.3) is 0 Å². The Bertz CT molecular complexity index is 367. The van der Waals surface area contributed by atoms with Crippen LogP contribution >= 0.6 is 0 Å². The summed E-state index contributed by atoms with van der Waals surface area (Å²) in [6.45, 7) is 0.773. The Morgan fingerprint density at radius 2 is 2.60 bits per heavy atom. The van der Waals surface area contributed by atoms with E-state index in [0.717, 1.165) is 25.1 Å². The number of carboxylic acids is 1. The first-order valence-electron chi connectivity index (χ1n) is 5.02. The van der Waals surface area contributed by atoms with Crippen LogP contribution < -0.4 is 0 Å². The molecule has 1 aliphatic rings. The molecule has 0 amide bonds. The molecule has 1 aliphatic heterocycles. The molecule has 5 nitrogen and oxygen atoms in total. The molecule has 1 atom stereocenters. The van der Waals surface area contributed by atoms with E-state index < -0.39 is 5.97 Å². The Labute approximate surface area is 87.7 Å². The van der Waals surface area contributed by atoms with E-state index in [4.69, 9.17) is 9.84 Å². The first-order valence-corrected chi connectivity index (χ1v) is 5.02. The summed E-state index contributed by atoms with van der Waals surface area (Å²) < 4.78 is 7.24. The topological polar surface area (TPSA) is 64.4 Å². The minimum atomic E-state index is -0.859. The molecular formula is C10H14N2O3. The van der Waals surface area contributed by atoms with Gasteiger partial charge in [-0.2, -0.15) is 0 Å². The van der Waals surface area contributed by atoms with E-state index in [-0.39, 0.29) is 12.5 Å². The number of aromatic nitrogens is 2. The zero-order valence-corrected chi connectivity index (χ0v) is 8.64. The molecule has 2 rings (SSSR count). The van der Waals surface area contributed by atoms with Gasteiger partial charge in [-0.25, -0.2) is 4.98 Å². The quantitative estimate of drug-likeness (QED) is 0.805. The van der Waals surface area contributed by atoms with Crippen LogP contribution in [0.1, 0.15) is 30.5 Å². The van der Waals surface area contributed by atoms with Crippen molar-refractivity contribution in [2.45, 2.75) is 25.4 Å². The fraction of sp³-hybridized carbons (Fsp3) is 0.600. The van der Waals surface area contributed by atoms with Crippen LogP contribution in [0.15, 0.2) is 6.20 Å². The number of ether oxygens (including phenoxy) is 1. The Morgan fingerprint density at radius 1 is 1.80 bits per heavy atom. The van der Waals surface area contributed by atoms with Gasteiger partial charge in [-0.15, -0.1) is 0 Å². The third-order valence-electron chi connectivity index (χ3n) is 2.56. The molecule has 1 fully saturated rings. The summed E-state index contributed by atoms with van der Waals surface area (Å²) in [5.41, 5.74) is 0.853. The lowest BCUT2D eigenvalue weighted by Gasteiger charge is -2.03. The highest BCUT2D eigenvalue weighted by Crippen LogP contribution is 2.27. The summed E-state index contributed by atoms with van der Waals surface area (Å²) in [6.07, 6.45) is 3.90. The number of imidazole rings is 1. The van der Waals surface area contributed by atoms with Gasteiger partial charge in [0, 0.05) is 19.9 Å². The number of rotatable bonds is 3. The van der Waals surface area contributed by atoms with Crippen molar-refractivity contribution < 1.29 is 14.6 Å². The second-order valence-electron chi connectivity index (χ2n) is 3.77. The van der Waals surface area contributed by atoms with E-state index in [2.05, 4.69) is 4.98 Å². The Morgan fingerprint density at radius 3 is 3.20 bits per heavy atom. The van der Waals surface area contributed by atoms with Crippen LogP contribution in [0.5, 0.6) is 0 Å². The van der Waals surface area contributed by atoms with E-state index in [9.17, 15) is 4.79 Å². The maximum absolute atomic E-state index is 10.6. The monoisotopic (exact) mass is 210 g/mol. The van der Waals surface area contributed by atoms with Crippen LogP contribution in [-0.2, 0) is 23.0 Å². The van der Waals surface area contributed by atoms with E-state index in [1.54, 1.807) is 4.57 Å². The second kappa shape index (κ2) is 4.02. The van der Waals surface area contributed by atoms with Gasteiger partial charge in [0.2, 0.25) is 0 Å². The Balaban J connectivity index is 2.16. The molecule has 1 saturated heterocycles. The van der Waals surface area contributed by atoms with Crippen molar-refractivity contribution in [1.29, 1.82) is 0 Å². The Kier molecular flexibility index (Phi) is 2.73. The van der Waals surface area contributed by atoms with Crippen molar-refractivity contribution in [1.82, 2.24) is 9.55 Å². The molecule has 1 unspecified atom stereocenters. The van der Waals surface area contributed by atoms with Gasteiger partial charge in [-0.3, -0.25) is 4.79 Å². The molecule has 0 aliphatic carbocycles. The highest BCUT2D eigenvalue weighted by atomic mass is 16.5. The number of hydrogen-bond acceptors (Lipinski definition) is 3. The van der Waals surface area contributed by atoms with E-state index >= 15 is 0 Å². The summed E-state index contributed by atoms with van der Waals surface area (Å²) in [7, 11) is 1.81. The summed E-state index contributed by atoms with van der Waals surface area (Å²) in [5, 5.41) is 8.68. The average molecular weight is 210 g/mol. The van der Waals surface area contributed by atoms with Gasteiger partial charge in [0.15, 0.2) is 0 Å². The lowest BCUT2D eigenvalue weighted by atomic mass is 10.2. The summed E-state index contributed by atoms with van der Waals surface area (Å²) in [6, 6.07) is 0. The van der Waals surface area contributed by atoms with Crippen molar-refractivity contribution in [2.75, 3.05) is 6.61 Å². The lowest BCUT2D eigenvalue weighted by molar-refractivity contribution is -0.136. The van der Waals surface area contributed by atoms with Gasteiger partial charge in [-0.1, -0.05) is 0 Å². The highest BCUT2D eigenvalue weighted by molar-refractivity contribution is 5.69.